The van der Waals surface area contributed by atoms with Gasteiger partial charge < -0.3 is 15.5 Å². The van der Waals surface area contributed by atoms with Crippen LogP contribution in [-0.4, -0.2) is 53.3 Å². The lowest BCUT2D eigenvalue weighted by atomic mass is 10.1. The van der Waals surface area contributed by atoms with Gasteiger partial charge in [0.1, 0.15) is 6.04 Å². The maximum absolute atomic E-state index is 13.2. The summed E-state index contributed by atoms with van der Waals surface area (Å²) in [7, 11) is 0. The number of carbonyl (C=O) groups is 3. The Bertz CT molecular complexity index is 898. The van der Waals surface area contributed by atoms with Crippen LogP contribution in [0.5, 0.6) is 0 Å². The Balaban J connectivity index is 1.64. The van der Waals surface area contributed by atoms with Gasteiger partial charge in [0.05, 0.1) is 23.0 Å². The van der Waals surface area contributed by atoms with E-state index in [4.69, 9.17) is 0 Å². The summed E-state index contributed by atoms with van der Waals surface area (Å²) < 4.78 is 0. The molecule has 3 amide bonds. The molecular weight excluding hydrogens is 382 g/mol. The lowest BCUT2D eigenvalue weighted by Crippen LogP contribution is -2.51. The minimum Gasteiger partial charge on any atom is -0.350 e. The fourth-order valence-electron chi connectivity index (χ4n) is 3.66. The van der Waals surface area contributed by atoms with E-state index < -0.39 is 6.04 Å². The molecule has 140 valence electrons. The van der Waals surface area contributed by atoms with E-state index in [-0.39, 0.29) is 23.8 Å². The second kappa shape index (κ2) is 7.36. The second-order valence-electron chi connectivity index (χ2n) is 6.57. The highest BCUT2D eigenvalue weighted by Gasteiger charge is 2.45. The van der Waals surface area contributed by atoms with Crippen LogP contribution in [0.3, 0.4) is 0 Å². The van der Waals surface area contributed by atoms with Crippen LogP contribution in [0.15, 0.2) is 35.7 Å². The number of rotatable bonds is 4. The molecule has 1 aromatic heterocycles. The van der Waals surface area contributed by atoms with Gasteiger partial charge in [-0.1, -0.05) is 12.1 Å². The Kier molecular flexibility index (Phi) is 4.92. The van der Waals surface area contributed by atoms with Gasteiger partial charge in [0.25, 0.3) is 5.91 Å². The molecule has 1 aromatic carbocycles. The van der Waals surface area contributed by atoms with Crippen LogP contribution >= 0.6 is 23.1 Å². The average molecular weight is 402 g/mol. The molecule has 0 aliphatic carbocycles. The van der Waals surface area contributed by atoms with Crippen LogP contribution < -0.4 is 10.6 Å². The van der Waals surface area contributed by atoms with Crippen molar-refractivity contribution in [2.75, 3.05) is 23.9 Å². The predicted molar refractivity (Wildman–Crippen MR) is 108 cm³/mol. The van der Waals surface area contributed by atoms with Crippen LogP contribution in [-0.2, 0) is 9.59 Å². The van der Waals surface area contributed by atoms with E-state index in [1.54, 1.807) is 22.3 Å². The van der Waals surface area contributed by atoms with Crippen LogP contribution in [0.2, 0.25) is 0 Å². The zero-order valence-electron chi connectivity index (χ0n) is 14.7. The molecule has 1 saturated heterocycles. The highest BCUT2D eigenvalue weighted by Crippen LogP contribution is 2.33. The summed E-state index contributed by atoms with van der Waals surface area (Å²) in [5.74, 6) is -0.203. The molecule has 2 aliphatic rings. The first-order chi connectivity index (χ1) is 13.1. The van der Waals surface area contributed by atoms with Crippen molar-refractivity contribution < 1.29 is 14.4 Å². The smallest absolute Gasteiger partial charge is 0.256 e. The zero-order chi connectivity index (χ0) is 19.0. The number of carbonyl (C=O) groups excluding carboxylic acids is 3. The Labute approximate surface area is 165 Å². The van der Waals surface area contributed by atoms with Crippen molar-refractivity contribution in [1.29, 1.82) is 0 Å². The molecular formula is C19H19N3O3S2. The van der Waals surface area contributed by atoms with E-state index in [2.05, 4.69) is 10.6 Å². The molecule has 0 radical (unpaired) electrons. The Morgan fingerprint density at radius 2 is 2.22 bits per heavy atom. The molecule has 6 nitrogen and oxygen atoms in total. The number of benzene rings is 1. The lowest BCUT2D eigenvalue weighted by Gasteiger charge is -2.24. The number of nitrogens with zero attached hydrogens (tertiary/aromatic N) is 1. The van der Waals surface area contributed by atoms with Crippen molar-refractivity contribution in [2.45, 2.75) is 18.5 Å². The molecule has 4 rings (SSSR count). The van der Waals surface area contributed by atoms with Crippen molar-refractivity contribution in [3.8, 4) is 10.4 Å². The normalized spacial score (nSPS) is 21.3. The Morgan fingerprint density at radius 1 is 1.37 bits per heavy atom. The van der Waals surface area contributed by atoms with Gasteiger partial charge in [-0.05, 0) is 41.8 Å². The predicted octanol–water partition coefficient (Wildman–Crippen LogP) is 2.43. The molecule has 2 N–H and O–H groups in total. The number of fused-ring (bicyclic) bond motifs is 2. The minimum atomic E-state index is -0.680. The molecule has 2 atom stereocenters. The highest BCUT2D eigenvalue weighted by molar-refractivity contribution is 7.99. The van der Waals surface area contributed by atoms with Gasteiger partial charge in [-0.3, -0.25) is 14.4 Å². The minimum absolute atomic E-state index is 0.114. The van der Waals surface area contributed by atoms with Gasteiger partial charge in [-0.25, -0.2) is 0 Å². The van der Waals surface area contributed by atoms with Gasteiger partial charge in [0.2, 0.25) is 11.8 Å². The molecule has 0 bridgehead atoms. The zero-order valence-corrected chi connectivity index (χ0v) is 16.4. The molecule has 27 heavy (non-hydrogen) atoms. The van der Waals surface area contributed by atoms with E-state index in [1.807, 2.05) is 35.9 Å². The number of anilines is 1. The fraction of sp³-hybridized carbons (Fsp3) is 0.316. The SMILES string of the molecule is CSCC(=O)N[C@H]1CCN2C(=O)c3cc(-c4cccs4)ccc3NC(=O)[C@H]12. The highest BCUT2D eigenvalue weighted by atomic mass is 32.2. The van der Waals surface area contributed by atoms with Gasteiger partial charge in [-0.2, -0.15) is 11.8 Å². The van der Waals surface area contributed by atoms with Gasteiger partial charge in [0.15, 0.2) is 0 Å². The summed E-state index contributed by atoms with van der Waals surface area (Å²) in [6, 6.07) is 8.46. The van der Waals surface area contributed by atoms with Crippen molar-refractivity contribution in [3.63, 3.8) is 0 Å². The molecule has 2 aromatic rings. The van der Waals surface area contributed by atoms with Crippen molar-refractivity contribution >= 4 is 46.5 Å². The van der Waals surface area contributed by atoms with Crippen LogP contribution in [0.25, 0.3) is 10.4 Å². The molecule has 0 spiro atoms. The summed E-state index contributed by atoms with van der Waals surface area (Å²) >= 11 is 3.03. The summed E-state index contributed by atoms with van der Waals surface area (Å²) in [6.07, 6.45) is 2.42. The van der Waals surface area contributed by atoms with Crippen molar-refractivity contribution in [1.82, 2.24) is 10.2 Å². The second-order valence-corrected chi connectivity index (χ2v) is 8.38. The molecule has 0 saturated carbocycles. The molecule has 3 heterocycles. The van der Waals surface area contributed by atoms with Gasteiger partial charge >= 0.3 is 0 Å². The van der Waals surface area contributed by atoms with Crippen LogP contribution in [0.1, 0.15) is 16.8 Å². The van der Waals surface area contributed by atoms with Gasteiger partial charge in [-0.15, -0.1) is 11.3 Å². The summed E-state index contributed by atoms with van der Waals surface area (Å²) in [6.45, 7) is 0.448. The molecule has 2 aliphatic heterocycles. The third-order valence-electron chi connectivity index (χ3n) is 4.86. The van der Waals surface area contributed by atoms with E-state index in [0.29, 0.717) is 30.0 Å². The Hall–Kier alpha value is -2.32. The first-order valence-electron chi connectivity index (χ1n) is 8.66. The number of hydrogen-bond acceptors (Lipinski definition) is 5. The monoisotopic (exact) mass is 401 g/mol. The van der Waals surface area contributed by atoms with E-state index in [1.165, 1.54) is 11.8 Å². The first kappa shape index (κ1) is 18.1. The summed E-state index contributed by atoms with van der Waals surface area (Å²) in [5, 5.41) is 7.77. The largest absolute Gasteiger partial charge is 0.350 e. The van der Waals surface area contributed by atoms with E-state index in [0.717, 1.165) is 10.4 Å². The quantitative estimate of drug-likeness (QED) is 0.825. The molecule has 1 fully saturated rings. The maximum atomic E-state index is 13.2. The summed E-state index contributed by atoms with van der Waals surface area (Å²) in [5.41, 5.74) is 1.97. The number of thiophene rings is 1. The Morgan fingerprint density at radius 3 is 2.96 bits per heavy atom. The molecule has 8 heteroatoms. The van der Waals surface area contributed by atoms with Crippen LogP contribution in [0.4, 0.5) is 5.69 Å². The average Bonchev–Trinajstić information content (AvgIpc) is 3.29. The third-order valence-corrected chi connectivity index (χ3v) is 6.33. The van der Waals surface area contributed by atoms with Crippen LogP contribution in [0, 0.1) is 0 Å². The van der Waals surface area contributed by atoms with Crippen molar-refractivity contribution in [2.24, 2.45) is 0 Å². The maximum Gasteiger partial charge on any atom is 0.256 e. The van der Waals surface area contributed by atoms with E-state index in [9.17, 15) is 14.4 Å². The summed E-state index contributed by atoms with van der Waals surface area (Å²) in [4.78, 5) is 40.6. The number of thioether (sulfide) groups is 1. The lowest BCUT2D eigenvalue weighted by molar-refractivity contribution is -0.122. The third kappa shape index (κ3) is 3.35. The topological polar surface area (TPSA) is 78.5 Å². The van der Waals surface area contributed by atoms with Crippen molar-refractivity contribution in [3.05, 3.63) is 41.3 Å². The number of hydrogen-bond donors (Lipinski definition) is 2. The fourth-order valence-corrected chi connectivity index (χ4v) is 4.73. The van der Waals surface area contributed by atoms with E-state index >= 15 is 0 Å². The number of nitrogens with one attached hydrogen (secondary N) is 2. The van der Waals surface area contributed by atoms with Gasteiger partial charge in [0, 0.05) is 11.4 Å². The molecule has 0 unspecified atom stereocenters. The number of amides is 3. The first-order valence-corrected chi connectivity index (χ1v) is 10.9. The standard InChI is InChI=1S/C19H19N3O3S2/c1-26-10-16(23)20-14-6-7-22-17(14)18(24)21-13-5-4-11(9-12(13)19(22)25)15-3-2-8-27-15/h2-5,8-9,14,17H,6-7,10H2,1H3,(H,20,23)(H,21,24)/t14-,17-/m0/s1.